The number of β-lactam (4-membered cyclic amide) rings is 1. The van der Waals surface area contributed by atoms with E-state index in [0.717, 1.165) is 15.4 Å². The lowest BCUT2D eigenvalue weighted by Gasteiger charge is -2.52. The van der Waals surface area contributed by atoms with Crippen molar-refractivity contribution in [2.24, 2.45) is 0 Å². The fraction of sp³-hybridized carbons (Fsp3) is 0.240. The molecule has 0 radical (unpaired) electrons. The molecule has 4 amide bonds. The Morgan fingerprint density at radius 2 is 1.75 bits per heavy atom. The average molecular weight is 508 g/mol. The third kappa shape index (κ3) is 3.72. The Kier molecular flexibility index (Phi) is 5.79. The number of amides is 4. The lowest BCUT2D eigenvalue weighted by atomic mass is 9.98. The minimum Gasteiger partial charge on any atom is -0.442 e. The van der Waals surface area contributed by atoms with Crippen molar-refractivity contribution in [3.05, 3.63) is 82.9 Å². The van der Waals surface area contributed by atoms with E-state index in [4.69, 9.17) is 4.74 Å². The molecular weight excluding hydrogens is 486 g/mol. The molecule has 0 aromatic heterocycles. The molecule has 10 nitrogen and oxygen atoms in total. The third-order valence-corrected chi connectivity index (χ3v) is 8.04. The van der Waals surface area contributed by atoms with Gasteiger partial charge in [-0.2, -0.15) is 0 Å². The first-order valence-electron chi connectivity index (χ1n) is 11.1. The van der Waals surface area contributed by atoms with Crippen molar-refractivity contribution in [1.29, 1.82) is 0 Å². The van der Waals surface area contributed by atoms with E-state index in [1.807, 2.05) is 13.0 Å². The van der Waals surface area contributed by atoms with Crippen LogP contribution in [0.2, 0.25) is 0 Å². The van der Waals surface area contributed by atoms with Gasteiger partial charge in [-0.3, -0.25) is 23.4 Å². The van der Waals surface area contributed by atoms with Crippen LogP contribution in [0, 0.1) is 6.92 Å². The molecule has 3 unspecified atom stereocenters. The first-order chi connectivity index (χ1) is 17.2. The molecule has 3 aliphatic rings. The minimum absolute atomic E-state index is 0.0714. The number of rotatable bonds is 5. The predicted octanol–water partition coefficient (Wildman–Crippen LogP) is 0.746. The molecule has 1 N–H and O–H groups in total. The quantitative estimate of drug-likeness (QED) is 0.274. The number of nitrogens with one attached hydrogen (secondary N) is 1. The summed E-state index contributed by atoms with van der Waals surface area (Å²) in [5.74, 6) is -3.26. The molecule has 2 aromatic carbocycles. The molecule has 2 saturated heterocycles. The van der Waals surface area contributed by atoms with E-state index in [1.165, 1.54) is 12.1 Å². The van der Waals surface area contributed by atoms with E-state index >= 15 is 0 Å². The summed E-state index contributed by atoms with van der Waals surface area (Å²) in [6.45, 7) is 4.97. The van der Waals surface area contributed by atoms with Crippen LogP contribution >= 0.6 is 0 Å². The van der Waals surface area contributed by atoms with E-state index in [2.05, 4.69) is 11.9 Å². The van der Waals surface area contributed by atoms with Gasteiger partial charge in [0.05, 0.1) is 21.9 Å². The largest absolute Gasteiger partial charge is 0.442 e. The van der Waals surface area contributed by atoms with Gasteiger partial charge in [0.2, 0.25) is 5.91 Å². The number of imide groups is 1. The van der Waals surface area contributed by atoms with Crippen LogP contribution in [-0.4, -0.2) is 73.5 Å². The van der Waals surface area contributed by atoms with Crippen molar-refractivity contribution in [2.45, 2.75) is 24.4 Å². The zero-order valence-corrected chi connectivity index (χ0v) is 19.9. The average Bonchev–Trinajstić information content (AvgIpc) is 3.10. The van der Waals surface area contributed by atoms with Crippen molar-refractivity contribution in [3.8, 4) is 0 Å². The normalized spacial score (nSPS) is 24.7. The summed E-state index contributed by atoms with van der Waals surface area (Å²) in [7, 11) is -1.60. The molecular formula is C25H21N3O7S. The molecule has 0 bridgehead atoms. The number of carbonyl (C=O) groups is 5. The molecule has 3 aliphatic heterocycles. The van der Waals surface area contributed by atoms with Crippen molar-refractivity contribution in [3.63, 3.8) is 0 Å². The topological polar surface area (TPSA) is 130 Å². The van der Waals surface area contributed by atoms with Crippen molar-refractivity contribution in [2.75, 3.05) is 12.5 Å². The zero-order chi connectivity index (χ0) is 25.7. The summed E-state index contributed by atoms with van der Waals surface area (Å²) in [5.41, 5.74) is 1.84. The number of hydrogen-bond acceptors (Lipinski definition) is 7. The first kappa shape index (κ1) is 23.6. The smallest absolute Gasteiger partial charge is 0.335 e. The Labute approximate surface area is 208 Å². The number of carbonyl (C=O) groups excluding carboxylic acids is 5. The standard InChI is InChI=1S/C25H21N3O7S/c1-13-6-5-7-15(10-13)20(29)26-18-23(32)28-19(14(2)11-36(34)24(18)28)25(33)35-12-27-21(30)16-8-3-4-9-17(16)22(27)31/h3-10,18-19,24H,2,11-12H2,1H3,(H,26,29)/t18?,19?,24-,36?/m0/s1. The lowest BCUT2D eigenvalue weighted by molar-refractivity contribution is -0.164. The first-order valence-corrected chi connectivity index (χ1v) is 12.4. The maximum Gasteiger partial charge on any atom is 0.335 e. The number of esters is 1. The molecule has 2 aromatic rings. The maximum atomic E-state index is 13.0. The highest BCUT2D eigenvalue weighted by molar-refractivity contribution is 7.86. The number of fused-ring (bicyclic) bond motifs is 2. The molecule has 184 valence electrons. The van der Waals surface area contributed by atoms with Crippen LogP contribution in [0.5, 0.6) is 0 Å². The highest BCUT2D eigenvalue weighted by atomic mass is 32.2. The van der Waals surface area contributed by atoms with E-state index in [9.17, 15) is 28.2 Å². The van der Waals surface area contributed by atoms with Gasteiger partial charge in [-0.25, -0.2) is 9.69 Å². The van der Waals surface area contributed by atoms with E-state index < -0.39 is 64.6 Å². The van der Waals surface area contributed by atoms with Crippen LogP contribution < -0.4 is 5.32 Å². The monoisotopic (exact) mass is 507 g/mol. The molecule has 5 rings (SSSR count). The number of ether oxygens (including phenoxy) is 1. The zero-order valence-electron chi connectivity index (χ0n) is 19.1. The van der Waals surface area contributed by atoms with Gasteiger partial charge in [-0.05, 0) is 36.8 Å². The van der Waals surface area contributed by atoms with Gasteiger partial charge < -0.3 is 15.0 Å². The molecule has 3 heterocycles. The Balaban J connectivity index is 1.28. The summed E-state index contributed by atoms with van der Waals surface area (Å²) >= 11 is 0. The highest BCUT2D eigenvalue weighted by Crippen LogP contribution is 2.35. The summed E-state index contributed by atoms with van der Waals surface area (Å²) in [4.78, 5) is 65.5. The van der Waals surface area contributed by atoms with Gasteiger partial charge >= 0.3 is 5.97 Å². The highest BCUT2D eigenvalue weighted by Gasteiger charge is 2.59. The molecule has 11 heteroatoms. The summed E-state index contributed by atoms with van der Waals surface area (Å²) in [6, 6.07) is 10.7. The molecule has 4 atom stereocenters. The Bertz CT molecular complexity index is 1350. The van der Waals surface area contributed by atoms with Crippen molar-refractivity contribution in [1.82, 2.24) is 15.1 Å². The Hall–Kier alpha value is -4.12. The van der Waals surface area contributed by atoms with Gasteiger partial charge in [0, 0.05) is 11.3 Å². The predicted molar refractivity (Wildman–Crippen MR) is 127 cm³/mol. The summed E-state index contributed by atoms with van der Waals surface area (Å²) < 4.78 is 18.0. The SMILES string of the molecule is C=C1CS(=O)[C@H]2C(NC(=O)c3cccc(C)c3)C(=O)N2C1C(=O)OCN1C(=O)c2ccccc2C1=O. The molecule has 0 aliphatic carbocycles. The van der Waals surface area contributed by atoms with Crippen molar-refractivity contribution >= 4 is 40.4 Å². The number of nitrogens with zero attached hydrogens (tertiary/aromatic N) is 2. The van der Waals surface area contributed by atoms with E-state index in [1.54, 1.807) is 30.3 Å². The third-order valence-electron chi connectivity index (χ3n) is 6.35. The van der Waals surface area contributed by atoms with Crippen LogP contribution in [0.15, 0.2) is 60.7 Å². The summed E-state index contributed by atoms with van der Waals surface area (Å²) in [5, 5.41) is 1.67. The number of benzene rings is 2. The van der Waals surface area contributed by atoms with Crippen LogP contribution in [0.1, 0.15) is 36.6 Å². The fourth-order valence-electron chi connectivity index (χ4n) is 4.57. The van der Waals surface area contributed by atoms with Crippen LogP contribution in [0.3, 0.4) is 0 Å². The Morgan fingerprint density at radius 3 is 2.39 bits per heavy atom. The molecule has 36 heavy (non-hydrogen) atoms. The second-order valence-corrected chi connectivity index (χ2v) is 10.3. The van der Waals surface area contributed by atoms with Gasteiger partial charge in [0.15, 0.2) is 12.8 Å². The second kappa shape index (κ2) is 8.83. The molecule has 2 fully saturated rings. The Morgan fingerprint density at radius 1 is 1.08 bits per heavy atom. The van der Waals surface area contributed by atoms with Gasteiger partial charge in [0.1, 0.15) is 11.4 Å². The van der Waals surface area contributed by atoms with Crippen LogP contribution in [0.25, 0.3) is 0 Å². The number of aryl methyl sites for hydroxylation is 1. The summed E-state index contributed by atoms with van der Waals surface area (Å²) in [6.07, 6.45) is 0. The van der Waals surface area contributed by atoms with Crippen molar-refractivity contribution < 1.29 is 32.9 Å². The maximum absolute atomic E-state index is 13.0. The van der Waals surface area contributed by atoms with E-state index in [-0.39, 0.29) is 22.5 Å². The van der Waals surface area contributed by atoms with Crippen LogP contribution in [0.4, 0.5) is 0 Å². The number of hydrogen-bond donors (Lipinski definition) is 1. The minimum atomic E-state index is -1.60. The second-order valence-electron chi connectivity index (χ2n) is 8.72. The van der Waals surface area contributed by atoms with E-state index in [0.29, 0.717) is 5.56 Å². The fourth-order valence-corrected chi connectivity index (χ4v) is 6.23. The van der Waals surface area contributed by atoms with Gasteiger partial charge in [-0.15, -0.1) is 0 Å². The van der Waals surface area contributed by atoms with Crippen LogP contribution in [-0.2, 0) is 25.1 Å². The van der Waals surface area contributed by atoms with Gasteiger partial charge in [0.25, 0.3) is 17.7 Å². The molecule has 0 saturated carbocycles. The lowest BCUT2D eigenvalue weighted by Crippen LogP contribution is -2.77. The molecule has 0 spiro atoms. The van der Waals surface area contributed by atoms with Gasteiger partial charge in [-0.1, -0.05) is 36.4 Å².